The Morgan fingerprint density at radius 1 is 1.18 bits per heavy atom. The highest BCUT2D eigenvalue weighted by atomic mass is 35.5. The zero-order valence-electron chi connectivity index (χ0n) is 12.6. The SMILES string of the molecule is CC(C)c1ccc(N2C(=O)CS[C@H]2c2cccc(Cl)c2)cc1. The van der Waals surface area contributed by atoms with Crippen molar-refractivity contribution in [3.63, 3.8) is 0 Å². The van der Waals surface area contributed by atoms with Crippen molar-refractivity contribution in [1.29, 1.82) is 0 Å². The smallest absolute Gasteiger partial charge is 0.238 e. The van der Waals surface area contributed by atoms with E-state index < -0.39 is 0 Å². The number of halogens is 1. The predicted octanol–water partition coefficient (Wildman–Crippen LogP) is 5.24. The van der Waals surface area contributed by atoms with Gasteiger partial charge in [0.1, 0.15) is 5.37 Å². The second-order valence-electron chi connectivity index (χ2n) is 5.73. The molecular weight excluding hydrogens is 314 g/mol. The van der Waals surface area contributed by atoms with Crippen molar-refractivity contribution in [1.82, 2.24) is 0 Å². The molecule has 2 aromatic carbocycles. The van der Waals surface area contributed by atoms with Crippen LogP contribution >= 0.6 is 23.4 Å². The molecule has 0 N–H and O–H groups in total. The first kappa shape index (κ1) is 15.4. The Morgan fingerprint density at radius 3 is 2.55 bits per heavy atom. The van der Waals surface area contributed by atoms with Gasteiger partial charge in [0.15, 0.2) is 0 Å². The minimum Gasteiger partial charge on any atom is -0.295 e. The predicted molar refractivity (Wildman–Crippen MR) is 94.7 cm³/mol. The summed E-state index contributed by atoms with van der Waals surface area (Å²) in [6.07, 6.45) is 0. The first-order chi connectivity index (χ1) is 10.6. The Hall–Kier alpha value is -1.45. The van der Waals surface area contributed by atoms with Gasteiger partial charge in [-0.3, -0.25) is 9.69 Å². The van der Waals surface area contributed by atoms with Crippen molar-refractivity contribution >= 4 is 35.0 Å². The second kappa shape index (κ2) is 6.35. The van der Waals surface area contributed by atoms with Crippen LogP contribution in [0.5, 0.6) is 0 Å². The number of carbonyl (C=O) groups excluding carboxylic acids is 1. The molecule has 114 valence electrons. The fourth-order valence-electron chi connectivity index (χ4n) is 2.63. The zero-order chi connectivity index (χ0) is 15.7. The van der Waals surface area contributed by atoms with Gasteiger partial charge in [-0.05, 0) is 41.3 Å². The number of thioether (sulfide) groups is 1. The summed E-state index contributed by atoms with van der Waals surface area (Å²) in [7, 11) is 0. The Kier molecular flexibility index (Phi) is 4.46. The molecule has 1 saturated heterocycles. The Morgan fingerprint density at radius 2 is 1.91 bits per heavy atom. The summed E-state index contributed by atoms with van der Waals surface area (Å²) >= 11 is 7.74. The molecule has 0 spiro atoms. The third-order valence-electron chi connectivity index (χ3n) is 3.84. The highest BCUT2D eigenvalue weighted by molar-refractivity contribution is 8.00. The third kappa shape index (κ3) is 3.01. The summed E-state index contributed by atoms with van der Waals surface area (Å²) in [4.78, 5) is 14.2. The van der Waals surface area contributed by atoms with Crippen LogP contribution in [0, 0.1) is 0 Å². The van der Waals surface area contributed by atoms with Crippen LogP contribution in [0.1, 0.15) is 36.3 Å². The lowest BCUT2D eigenvalue weighted by molar-refractivity contribution is -0.115. The van der Waals surface area contributed by atoms with Gasteiger partial charge in [0.2, 0.25) is 5.91 Å². The summed E-state index contributed by atoms with van der Waals surface area (Å²) in [5.41, 5.74) is 3.29. The number of nitrogens with zero attached hydrogens (tertiary/aromatic N) is 1. The molecule has 0 aromatic heterocycles. The van der Waals surface area contributed by atoms with Crippen LogP contribution in [0.2, 0.25) is 5.02 Å². The summed E-state index contributed by atoms with van der Waals surface area (Å²) in [6.45, 7) is 4.33. The van der Waals surface area contributed by atoms with Crippen LogP contribution in [0.4, 0.5) is 5.69 Å². The van der Waals surface area contributed by atoms with Gasteiger partial charge in [-0.25, -0.2) is 0 Å². The molecule has 22 heavy (non-hydrogen) atoms. The monoisotopic (exact) mass is 331 g/mol. The molecule has 0 unspecified atom stereocenters. The first-order valence-corrected chi connectivity index (χ1v) is 8.78. The van der Waals surface area contributed by atoms with E-state index in [9.17, 15) is 4.79 Å². The van der Waals surface area contributed by atoms with Gasteiger partial charge >= 0.3 is 0 Å². The number of carbonyl (C=O) groups is 1. The molecule has 0 saturated carbocycles. The topological polar surface area (TPSA) is 20.3 Å². The number of anilines is 1. The van der Waals surface area contributed by atoms with Gasteiger partial charge in [0.25, 0.3) is 0 Å². The number of rotatable bonds is 3. The van der Waals surface area contributed by atoms with Crippen molar-refractivity contribution in [2.45, 2.75) is 25.1 Å². The van der Waals surface area contributed by atoms with E-state index >= 15 is 0 Å². The van der Waals surface area contributed by atoms with Crippen LogP contribution in [0.3, 0.4) is 0 Å². The van der Waals surface area contributed by atoms with Gasteiger partial charge in [0, 0.05) is 10.7 Å². The van der Waals surface area contributed by atoms with E-state index in [1.165, 1.54) is 5.56 Å². The molecule has 3 rings (SSSR count). The van der Waals surface area contributed by atoms with E-state index in [-0.39, 0.29) is 11.3 Å². The first-order valence-electron chi connectivity index (χ1n) is 7.35. The van der Waals surface area contributed by atoms with E-state index in [0.717, 1.165) is 11.3 Å². The van der Waals surface area contributed by atoms with Crippen LogP contribution in [-0.4, -0.2) is 11.7 Å². The molecule has 1 aliphatic heterocycles. The van der Waals surface area contributed by atoms with Gasteiger partial charge in [-0.2, -0.15) is 0 Å². The maximum absolute atomic E-state index is 12.3. The minimum absolute atomic E-state index is 0.00361. The Bertz CT molecular complexity index is 684. The number of hydrogen-bond acceptors (Lipinski definition) is 2. The van der Waals surface area contributed by atoms with E-state index in [2.05, 4.69) is 26.0 Å². The third-order valence-corrected chi connectivity index (χ3v) is 5.29. The lowest BCUT2D eigenvalue weighted by Crippen LogP contribution is -2.27. The molecule has 0 radical (unpaired) electrons. The van der Waals surface area contributed by atoms with Gasteiger partial charge < -0.3 is 0 Å². The molecule has 1 fully saturated rings. The molecule has 2 aromatic rings. The molecule has 2 nitrogen and oxygen atoms in total. The molecular formula is C18H18ClNOS. The molecule has 0 bridgehead atoms. The number of hydrogen-bond donors (Lipinski definition) is 0. The summed E-state index contributed by atoms with van der Waals surface area (Å²) in [5.74, 6) is 1.14. The van der Waals surface area contributed by atoms with Crippen molar-refractivity contribution < 1.29 is 4.79 Å². The maximum atomic E-state index is 12.3. The average Bonchev–Trinajstić information content (AvgIpc) is 2.89. The fraction of sp³-hybridized carbons (Fsp3) is 0.278. The molecule has 1 amide bonds. The van der Waals surface area contributed by atoms with Gasteiger partial charge in [0.05, 0.1) is 5.75 Å². The van der Waals surface area contributed by atoms with Crippen molar-refractivity contribution in [2.24, 2.45) is 0 Å². The zero-order valence-corrected chi connectivity index (χ0v) is 14.2. The maximum Gasteiger partial charge on any atom is 0.238 e. The van der Waals surface area contributed by atoms with Crippen molar-refractivity contribution in [3.05, 3.63) is 64.7 Å². The van der Waals surface area contributed by atoms with E-state index in [1.54, 1.807) is 11.8 Å². The quantitative estimate of drug-likeness (QED) is 0.766. The summed E-state index contributed by atoms with van der Waals surface area (Å²) in [6, 6.07) is 16.0. The summed E-state index contributed by atoms with van der Waals surface area (Å²) < 4.78 is 0. The van der Waals surface area contributed by atoms with Gasteiger partial charge in [-0.1, -0.05) is 49.7 Å². The van der Waals surface area contributed by atoms with Crippen LogP contribution < -0.4 is 4.90 Å². The standard InChI is InChI=1S/C18H18ClNOS/c1-12(2)13-6-8-16(9-7-13)20-17(21)11-22-18(20)14-4-3-5-15(19)10-14/h3-10,12,18H,11H2,1-2H3/t18-/m0/s1. The van der Waals surface area contributed by atoms with Crippen LogP contribution in [-0.2, 0) is 4.79 Å². The molecule has 1 heterocycles. The Balaban J connectivity index is 1.94. The van der Waals surface area contributed by atoms with Crippen molar-refractivity contribution in [2.75, 3.05) is 10.7 Å². The molecule has 0 aliphatic carbocycles. The highest BCUT2D eigenvalue weighted by Crippen LogP contribution is 2.42. The normalized spacial score (nSPS) is 18.3. The second-order valence-corrected chi connectivity index (χ2v) is 7.23. The molecule has 1 aliphatic rings. The lowest BCUT2D eigenvalue weighted by Gasteiger charge is -2.25. The lowest BCUT2D eigenvalue weighted by atomic mass is 10.0. The highest BCUT2D eigenvalue weighted by Gasteiger charge is 2.34. The molecule has 4 heteroatoms. The largest absolute Gasteiger partial charge is 0.295 e. The van der Waals surface area contributed by atoms with E-state index in [4.69, 9.17) is 11.6 Å². The van der Waals surface area contributed by atoms with Crippen molar-refractivity contribution in [3.8, 4) is 0 Å². The van der Waals surface area contributed by atoms with Crippen LogP contribution in [0.25, 0.3) is 0 Å². The van der Waals surface area contributed by atoms with Crippen LogP contribution in [0.15, 0.2) is 48.5 Å². The molecule has 1 atom stereocenters. The Labute approximate surface area is 140 Å². The average molecular weight is 332 g/mol. The number of benzene rings is 2. The fourth-order valence-corrected chi connectivity index (χ4v) is 4.00. The van der Waals surface area contributed by atoms with E-state index in [0.29, 0.717) is 16.7 Å². The number of amides is 1. The summed E-state index contributed by atoms with van der Waals surface area (Å²) in [5, 5.41) is 0.698. The van der Waals surface area contributed by atoms with E-state index in [1.807, 2.05) is 41.3 Å². The van der Waals surface area contributed by atoms with Gasteiger partial charge in [-0.15, -0.1) is 11.8 Å². The minimum atomic E-state index is -0.00361.